The quantitative estimate of drug-likeness (QED) is 0.500. The smallest absolute Gasteiger partial charge is 0.255 e. The van der Waals surface area contributed by atoms with E-state index in [2.05, 4.69) is 16.4 Å². The first-order valence-electron chi connectivity index (χ1n) is 8.45. The molecular weight excluding hydrogens is 340 g/mol. The molecule has 0 radical (unpaired) electrons. The first-order chi connectivity index (χ1) is 12.6. The van der Waals surface area contributed by atoms with Gasteiger partial charge in [0.1, 0.15) is 5.01 Å². The lowest BCUT2D eigenvalue weighted by Gasteiger charge is -2.08. The summed E-state index contributed by atoms with van der Waals surface area (Å²) in [7, 11) is 0. The van der Waals surface area contributed by atoms with Crippen molar-refractivity contribution >= 4 is 33.1 Å². The van der Waals surface area contributed by atoms with Gasteiger partial charge in [-0.3, -0.25) is 4.79 Å². The van der Waals surface area contributed by atoms with Gasteiger partial charge in [0.25, 0.3) is 5.91 Å². The predicted molar refractivity (Wildman–Crippen MR) is 109 cm³/mol. The highest BCUT2D eigenvalue weighted by Gasteiger charge is 2.10. The number of anilines is 1. The van der Waals surface area contributed by atoms with Crippen LogP contribution in [0.5, 0.6) is 0 Å². The van der Waals surface area contributed by atoms with Crippen LogP contribution in [0.1, 0.15) is 21.5 Å². The van der Waals surface area contributed by atoms with Crippen molar-refractivity contribution in [3.05, 3.63) is 83.4 Å². The molecule has 4 heteroatoms. The lowest BCUT2D eigenvalue weighted by molar-refractivity contribution is 0.102. The molecule has 0 saturated heterocycles. The van der Waals surface area contributed by atoms with Crippen molar-refractivity contribution in [2.75, 3.05) is 5.32 Å². The molecule has 0 atom stereocenters. The Morgan fingerprint density at radius 2 is 1.77 bits per heavy atom. The molecule has 1 amide bonds. The Labute approximate surface area is 156 Å². The van der Waals surface area contributed by atoms with E-state index in [1.165, 1.54) is 5.56 Å². The van der Waals surface area contributed by atoms with E-state index < -0.39 is 0 Å². The molecule has 0 aliphatic rings. The Kier molecular flexibility index (Phi) is 4.27. The third kappa shape index (κ3) is 3.24. The molecule has 1 aromatic heterocycles. The lowest BCUT2D eigenvalue weighted by atomic mass is 10.1. The number of fused-ring (bicyclic) bond motifs is 1. The van der Waals surface area contributed by atoms with Gasteiger partial charge in [-0.15, -0.1) is 11.3 Å². The number of rotatable bonds is 3. The number of nitrogens with one attached hydrogen (secondary N) is 1. The third-order valence-electron chi connectivity index (χ3n) is 4.43. The third-order valence-corrected chi connectivity index (χ3v) is 5.52. The number of benzene rings is 3. The summed E-state index contributed by atoms with van der Waals surface area (Å²) in [6.45, 7) is 4.05. The van der Waals surface area contributed by atoms with E-state index in [0.717, 1.165) is 32.0 Å². The molecule has 4 aromatic rings. The zero-order chi connectivity index (χ0) is 18.1. The van der Waals surface area contributed by atoms with E-state index >= 15 is 0 Å². The molecule has 0 aliphatic carbocycles. The van der Waals surface area contributed by atoms with Crippen molar-refractivity contribution < 1.29 is 4.79 Å². The normalized spacial score (nSPS) is 10.8. The lowest BCUT2D eigenvalue weighted by Crippen LogP contribution is -2.12. The minimum Gasteiger partial charge on any atom is -0.322 e. The van der Waals surface area contributed by atoms with Crippen molar-refractivity contribution in [1.29, 1.82) is 0 Å². The monoisotopic (exact) mass is 358 g/mol. The predicted octanol–water partition coefficient (Wildman–Crippen LogP) is 5.83. The summed E-state index contributed by atoms with van der Waals surface area (Å²) in [4.78, 5) is 17.2. The second-order valence-electron chi connectivity index (χ2n) is 6.32. The van der Waals surface area contributed by atoms with Crippen LogP contribution in [0.15, 0.2) is 66.7 Å². The summed E-state index contributed by atoms with van der Waals surface area (Å²) >= 11 is 1.65. The van der Waals surface area contributed by atoms with Crippen LogP contribution in [-0.2, 0) is 0 Å². The summed E-state index contributed by atoms with van der Waals surface area (Å²) < 4.78 is 1.16. The van der Waals surface area contributed by atoms with E-state index in [9.17, 15) is 4.79 Å². The molecule has 0 fully saturated rings. The fourth-order valence-electron chi connectivity index (χ4n) is 2.81. The van der Waals surface area contributed by atoms with E-state index in [1.54, 1.807) is 11.3 Å². The Morgan fingerprint density at radius 3 is 2.58 bits per heavy atom. The number of hydrogen-bond donors (Lipinski definition) is 1. The van der Waals surface area contributed by atoms with Gasteiger partial charge in [-0.25, -0.2) is 4.98 Å². The van der Waals surface area contributed by atoms with Crippen molar-refractivity contribution in [2.24, 2.45) is 0 Å². The Balaban J connectivity index is 1.61. The highest BCUT2D eigenvalue weighted by Crippen LogP contribution is 2.31. The topological polar surface area (TPSA) is 42.0 Å². The average Bonchev–Trinajstić information content (AvgIpc) is 3.08. The molecule has 1 N–H and O–H groups in total. The van der Waals surface area contributed by atoms with Crippen molar-refractivity contribution in [1.82, 2.24) is 4.98 Å². The maximum absolute atomic E-state index is 12.5. The number of hydrogen-bond acceptors (Lipinski definition) is 3. The maximum atomic E-state index is 12.5. The van der Waals surface area contributed by atoms with Gasteiger partial charge in [0.05, 0.1) is 10.2 Å². The number of carbonyl (C=O) groups excluding carboxylic acids is 1. The molecular formula is C22H18N2OS. The Bertz CT molecular complexity index is 1080. The molecule has 0 spiro atoms. The van der Waals surface area contributed by atoms with Gasteiger partial charge >= 0.3 is 0 Å². The average molecular weight is 358 g/mol. The van der Waals surface area contributed by atoms with Crippen molar-refractivity contribution in [2.45, 2.75) is 13.8 Å². The second-order valence-corrected chi connectivity index (χ2v) is 7.35. The molecule has 26 heavy (non-hydrogen) atoms. The minimum absolute atomic E-state index is 0.102. The van der Waals surface area contributed by atoms with E-state index in [1.807, 2.05) is 74.5 Å². The van der Waals surface area contributed by atoms with Crippen LogP contribution in [0, 0.1) is 13.8 Å². The number of aryl methyl sites for hydroxylation is 2. The molecule has 4 rings (SSSR count). The largest absolute Gasteiger partial charge is 0.322 e. The molecule has 0 unspecified atom stereocenters. The Hall–Kier alpha value is -2.98. The first-order valence-corrected chi connectivity index (χ1v) is 9.26. The van der Waals surface area contributed by atoms with Crippen LogP contribution in [0.3, 0.4) is 0 Å². The fraction of sp³-hybridized carbons (Fsp3) is 0.0909. The molecule has 0 saturated carbocycles. The van der Waals surface area contributed by atoms with Crippen molar-refractivity contribution in [3.63, 3.8) is 0 Å². The molecule has 0 bridgehead atoms. The zero-order valence-corrected chi connectivity index (χ0v) is 15.4. The minimum atomic E-state index is -0.102. The van der Waals surface area contributed by atoms with E-state index in [0.29, 0.717) is 5.56 Å². The Morgan fingerprint density at radius 1 is 0.923 bits per heavy atom. The van der Waals surface area contributed by atoms with Gasteiger partial charge in [0.2, 0.25) is 0 Å². The van der Waals surface area contributed by atoms with Crippen LogP contribution >= 0.6 is 11.3 Å². The number of aromatic nitrogens is 1. The van der Waals surface area contributed by atoms with Crippen molar-refractivity contribution in [3.8, 4) is 10.6 Å². The van der Waals surface area contributed by atoms with E-state index in [-0.39, 0.29) is 5.91 Å². The first kappa shape index (κ1) is 16.5. The second kappa shape index (κ2) is 6.73. The summed E-state index contributed by atoms with van der Waals surface area (Å²) in [5.41, 5.74) is 5.73. The number of nitrogens with zero attached hydrogens (tertiary/aromatic N) is 1. The van der Waals surface area contributed by atoms with Crippen LogP contribution in [-0.4, -0.2) is 10.9 Å². The summed E-state index contributed by atoms with van der Waals surface area (Å²) in [5.74, 6) is -0.102. The van der Waals surface area contributed by atoms with Crippen LogP contribution in [0.25, 0.3) is 20.8 Å². The number of amides is 1. The summed E-state index contributed by atoms with van der Waals surface area (Å²) in [5, 5.41) is 3.94. The van der Waals surface area contributed by atoms with Gasteiger partial charge in [-0.1, -0.05) is 30.3 Å². The standard InChI is InChI=1S/C22H18N2OS/c1-14-10-11-16(12-15(14)2)21(25)23-18-7-5-6-17(13-18)22-24-19-8-3-4-9-20(19)26-22/h3-13H,1-2H3,(H,23,25). The zero-order valence-electron chi connectivity index (χ0n) is 14.6. The molecule has 0 aliphatic heterocycles. The van der Waals surface area contributed by atoms with Crippen LogP contribution in [0.4, 0.5) is 5.69 Å². The van der Waals surface area contributed by atoms with Crippen LogP contribution in [0.2, 0.25) is 0 Å². The van der Waals surface area contributed by atoms with Gasteiger partial charge in [0, 0.05) is 16.8 Å². The molecule has 3 aromatic carbocycles. The summed E-state index contributed by atoms with van der Waals surface area (Å²) in [6.07, 6.45) is 0. The SMILES string of the molecule is Cc1ccc(C(=O)Nc2cccc(-c3nc4ccccc4s3)c2)cc1C. The maximum Gasteiger partial charge on any atom is 0.255 e. The van der Waals surface area contributed by atoms with Crippen LogP contribution < -0.4 is 5.32 Å². The fourth-order valence-corrected chi connectivity index (χ4v) is 3.77. The molecule has 1 heterocycles. The molecule has 128 valence electrons. The van der Waals surface area contributed by atoms with Gasteiger partial charge in [0.15, 0.2) is 0 Å². The van der Waals surface area contributed by atoms with Gasteiger partial charge < -0.3 is 5.32 Å². The van der Waals surface area contributed by atoms with Gasteiger partial charge in [-0.05, 0) is 61.4 Å². The highest BCUT2D eigenvalue weighted by atomic mass is 32.1. The highest BCUT2D eigenvalue weighted by molar-refractivity contribution is 7.21. The van der Waals surface area contributed by atoms with E-state index in [4.69, 9.17) is 0 Å². The van der Waals surface area contributed by atoms with Gasteiger partial charge in [-0.2, -0.15) is 0 Å². The number of para-hydroxylation sites is 1. The summed E-state index contributed by atoms with van der Waals surface area (Å²) in [6, 6.07) is 21.7. The number of thiazole rings is 1. The molecule has 3 nitrogen and oxygen atoms in total. The number of carbonyl (C=O) groups is 1.